The van der Waals surface area contributed by atoms with Crippen LogP contribution in [0.3, 0.4) is 0 Å². The molecule has 15 heavy (non-hydrogen) atoms. The molecule has 0 aromatic rings. The van der Waals surface area contributed by atoms with Crippen LogP contribution in [0, 0.1) is 12.3 Å². The second-order valence-corrected chi connectivity index (χ2v) is 4.12. The summed E-state index contributed by atoms with van der Waals surface area (Å²) in [5.74, 6) is 2.68. The van der Waals surface area contributed by atoms with Crippen LogP contribution in [0.15, 0.2) is 0 Å². The van der Waals surface area contributed by atoms with Gasteiger partial charge in [0.1, 0.15) is 0 Å². The van der Waals surface area contributed by atoms with Gasteiger partial charge in [-0.2, -0.15) is 0 Å². The molecule has 86 valence electrons. The number of piperidine rings is 1. The molecule has 0 aliphatic carbocycles. The van der Waals surface area contributed by atoms with Crippen LogP contribution < -0.4 is 5.73 Å². The van der Waals surface area contributed by atoms with Crippen LogP contribution in [0.1, 0.15) is 25.7 Å². The van der Waals surface area contributed by atoms with Gasteiger partial charge in [0.05, 0.1) is 6.10 Å². The maximum absolute atomic E-state index is 5.78. The molecule has 3 heteroatoms. The predicted octanol–water partition coefficient (Wildman–Crippen LogP) is 0.838. The van der Waals surface area contributed by atoms with Crippen LogP contribution in [-0.2, 0) is 4.74 Å². The maximum atomic E-state index is 5.78. The molecule has 1 aliphatic rings. The Morgan fingerprint density at radius 3 is 3.00 bits per heavy atom. The van der Waals surface area contributed by atoms with Crippen LogP contribution in [-0.4, -0.2) is 43.8 Å². The molecule has 0 aromatic heterocycles. The predicted molar refractivity (Wildman–Crippen MR) is 62.5 cm³/mol. The van der Waals surface area contributed by atoms with Crippen LogP contribution in [0.25, 0.3) is 0 Å². The third-order valence-electron chi connectivity index (χ3n) is 3.16. The van der Waals surface area contributed by atoms with E-state index in [-0.39, 0.29) is 0 Å². The van der Waals surface area contributed by atoms with E-state index >= 15 is 0 Å². The minimum absolute atomic E-state index is 0.391. The van der Waals surface area contributed by atoms with Crippen molar-refractivity contribution in [1.82, 2.24) is 4.90 Å². The number of terminal acetylenes is 1. The Kier molecular flexibility index (Phi) is 5.70. The molecule has 1 aliphatic heterocycles. The van der Waals surface area contributed by atoms with Crippen molar-refractivity contribution in [2.75, 3.05) is 26.7 Å². The molecule has 2 atom stereocenters. The van der Waals surface area contributed by atoms with Crippen molar-refractivity contribution < 1.29 is 4.74 Å². The van der Waals surface area contributed by atoms with Crippen molar-refractivity contribution in [2.24, 2.45) is 5.73 Å². The fourth-order valence-corrected chi connectivity index (χ4v) is 2.20. The summed E-state index contributed by atoms with van der Waals surface area (Å²) in [6.45, 7) is 2.88. The molecule has 1 rings (SSSR count). The quantitative estimate of drug-likeness (QED) is 0.540. The third-order valence-corrected chi connectivity index (χ3v) is 3.16. The topological polar surface area (TPSA) is 38.5 Å². The van der Waals surface area contributed by atoms with Crippen LogP contribution >= 0.6 is 0 Å². The summed E-state index contributed by atoms with van der Waals surface area (Å²) in [4.78, 5) is 2.45. The lowest BCUT2D eigenvalue weighted by Crippen LogP contribution is -2.48. The summed E-state index contributed by atoms with van der Waals surface area (Å²) in [5.41, 5.74) is 5.78. The number of methoxy groups -OCH3 is 1. The number of rotatable bonds is 5. The molecular weight excluding hydrogens is 188 g/mol. The zero-order valence-electron chi connectivity index (χ0n) is 9.61. The summed E-state index contributed by atoms with van der Waals surface area (Å²) in [6.07, 6.45) is 9.74. The Balaban J connectivity index is 2.34. The van der Waals surface area contributed by atoms with Gasteiger partial charge in [-0.05, 0) is 25.8 Å². The zero-order chi connectivity index (χ0) is 11.1. The summed E-state index contributed by atoms with van der Waals surface area (Å²) in [6, 6.07) is 0.474. The Morgan fingerprint density at radius 1 is 1.60 bits per heavy atom. The smallest absolute Gasteiger partial charge is 0.0599 e. The van der Waals surface area contributed by atoms with Gasteiger partial charge in [0, 0.05) is 32.7 Å². The first-order valence-corrected chi connectivity index (χ1v) is 5.72. The minimum Gasteiger partial charge on any atom is -0.381 e. The maximum Gasteiger partial charge on any atom is 0.0599 e. The Bertz CT molecular complexity index is 212. The lowest BCUT2D eigenvalue weighted by molar-refractivity contribution is 0.0131. The van der Waals surface area contributed by atoms with Gasteiger partial charge in [0.2, 0.25) is 0 Å². The highest BCUT2D eigenvalue weighted by atomic mass is 16.5. The van der Waals surface area contributed by atoms with Crippen molar-refractivity contribution in [3.8, 4) is 12.3 Å². The minimum atomic E-state index is 0.391. The van der Waals surface area contributed by atoms with Crippen molar-refractivity contribution >= 4 is 0 Å². The Morgan fingerprint density at radius 2 is 2.40 bits per heavy atom. The van der Waals surface area contributed by atoms with Gasteiger partial charge in [-0.3, -0.25) is 4.90 Å². The number of nitrogens with zero attached hydrogens (tertiary/aromatic N) is 1. The summed E-state index contributed by atoms with van der Waals surface area (Å²) in [5, 5.41) is 0. The summed E-state index contributed by atoms with van der Waals surface area (Å²) < 4.78 is 5.38. The van der Waals surface area contributed by atoms with E-state index in [2.05, 4.69) is 10.8 Å². The van der Waals surface area contributed by atoms with Crippen LogP contribution in [0.2, 0.25) is 0 Å². The van der Waals surface area contributed by atoms with Gasteiger partial charge in [0.25, 0.3) is 0 Å². The summed E-state index contributed by atoms with van der Waals surface area (Å²) in [7, 11) is 1.78. The van der Waals surface area contributed by atoms with Crippen LogP contribution in [0.4, 0.5) is 0 Å². The normalized spacial score (nSPS) is 27.5. The lowest BCUT2D eigenvalue weighted by atomic mass is 9.99. The van der Waals surface area contributed by atoms with E-state index < -0.39 is 0 Å². The molecule has 2 N–H and O–H groups in total. The first-order valence-electron chi connectivity index (χ1n) is 5.72. The van der Waals surface area contributed by atoms with E-state index in [9.17, 15) is 0 Å². The Labute approximate surface area is 93.0 Å². The molecule has 0 radical (unpaired) electrons. The van der Waals surface area contributed by atoms with E-state index in [1.165, 1.54) is 0 Å². The first kappa shape index (κ1) is 12.5. The number of hydrogen-bond acceptors (Lipinski definition) is 3. The highest BCUT2D eigenvalue weighted by molar-refractivity contribution is 4.86. The van der Waals surface area contributed by atoms with Crippen molar-refractivity contribution in [3.05, 3.63) is 0 Å². The second kappa shape index (κ2) is 6.84. The summed E-state index contributed by atoms with van der Waals surface area (Å²) >= 11 is 0. The average molecular weight is 210 g/mol. The van der Waals surface area contributed by atoms with E-state index in [1.54, 1.807) is 7.11 Å². The molecule has 0 spiro atoms. The first-order chi connectivity index (χ1) is 7.31. The SMILES string of the molecule is C#CCCCN1CCC(OC)CC1CN. The third kappa shape index (κ3) is 3.83. The molecule has 2 unspecified atom stereocenters. The number of ether oxygens (including phenoxy) is 1. The molecule has 1 heterocycles. The monoisotopic (exact) mass is 210 g/mol. The molecule has 0 amide bonds. The fourth-order valence-electron chi connectivity index (χ4n) is 2.20. The van der Waals surface area contributed by atoms with Crippen molar-refractivity contribution in [2.45, 2.75) is 37.8 Å². The molecular formula is C12H22N2O. The van der Waals surface area contributed by atoms with E-state index in [0.717, 1.165) is 45.3 Å². The largest absolute Gasteiger partial charge is 0.381 e. The van der Waals surface area contributed by atoms with E-state index in [1.807, 2.05) is 0 Å². The van der Waals surface area contributed by atoms with Gasteiger partial charge in [-0.1, -0.05) is 0 Å². The van der Waals surface area contributed by atoms with Gasteiger partial charge in [0.15, 0.2) is 0 Å². The number of hydrogen-bond donors (Lipinski definition) is 1. The van der Waals surface area contributed by atoms with Gasteiger partial charge >= 0.3 is 0 Å². The van der Waals surface area contributed by atoms with Crippen LogP contribution in [0.5, 0.6) is 0 Å². The standard InChI is InChI=1S/C12H22N2O/c1-3-4-5-7-14-8-6-12(15-2)9-11(14)10-13/h1,11-12H,4-10,13H2,2H3. The molecule has 0 saturated carbocycles. The van der Waals surface area contributed by atoms with Gasteiger partial charge in [-0.25, -0.2) is 0 Å². The number of nitrogens with two attached hydrogens (primary N) is 1. The van der Waals surface area contributed by atoms with Crippen molar-refractivity contribution in [3.63, 3.8) is 0 Å². The number of likely N-dealkylation sites (tertiary alicyclic amines) is 1. The van der Waals surface area contributed by atoms with Gasteiger partial charge in [-0.15, -0.1) is 12.3 Å². The molecule has 0 bridgehead atoms. The van der Waals surface area contributed by atoms with Crippen molar-refractivity contribution in [1.29, 1.82) is 0 Å². The Hall–Kier alpha value is -0.560. The second-order valence-electron chi connectivity index (χ2n) is 4.12. The zero-order valence-corrected chi connectivity index (χ0v) is 9.61. The highest BCUT2D eigenvalue weighted by Gasteiger charge is 2.26. The van der Waals surface area contributed by atoms with E-state index in [0.29, 0.717) is 12.1 Å². The van der Waals surface area contributed by atoms with Gasteiger partial charge < -0.3 is 10.5 Å². The molecule has 0 aromatic carbocycles. The fraction of sp³-hybridized carbons (Fsp3) is 0.833. The molecule has 3 nitrogen and oxygen atoms in total. The van der Waals surface area contributed by atoms with E-state index in [4.69, 9.17) is 16.9 Å². The number of unbranched alkanes of at least 4 members (excludes halogenated alkanes) is 1. The lowest BCUT2D eigenvalue weighted by Gasteiger charge is -2.38. The molecule has 1 fully saturated rings. The highest BCUT2D eigenvalue weighted by Crippen LogP contribution is 2.19. The average Bonchev–Trinajstić information content (AvgIpc) is 2.29. The molecule has 1 saturated heterocycles.